The fourth-order valence-corrected chi connectivity index (χ4v) is 3.89. The van der Waals surface area contributed by atoms with E-state index in [1.54, 1.807) is 6.07 Å². The van der Waals surface area contributed by atoms with Crippen molar-refractivity contribution in [3.05, 3.63) is 33.9 Å². The highest BCUT2D eigenvalue weighted by molar-refractivity contribution is 5.79. The van der Waals surface area contributed by atoms with Crippen molar-refractivity contribution in [3.63, 3.8) is 0 Å². The number of hydrogen-bond donors (Lipinski definition) is 1. The van der Waals surface area contributed by atoms with E-state index in [0.717, 1.165) is 50.0 Å². The average Bonchev–Trinajstić information content (AvgIpc) is 3.31. The summed E-state index contributed by atoms with van der Waals surface area (Å²) in [5.41, 5.74) is 2.20. The number of rotatable bonds is 3. The highest BCUT2D eigenvalue weighted by Gasteiger charge is 2.35. The van der Waals surface area contributed by atoms with Crippen LogP contribution in [0.5, 0.6) is 0 Å². The van der Waals surface area contributed by atoms with Gasteiger partial charge in [-0.3, -0.25) is 14.7 Å². The summed E-state index contributed by atoms with van der Waals surface area (Å²) in [7, 11) is 0. The summed E-state index contributed by atoms with van der Waals surface area (Å²) in [6.45, 7) is 3.94. The molecule has 2 aromatic heterocycles. The monoisotopic (exact) mass is 344 g/mol. The Kier molecular flexibility index (Phi) is 4.33. The van der Waals surface area contributed by atoms with Crippen molar-refractivity contribution in [1.82, 2.24) is 19.5 Å². The van der Waals surface area contributed by atoms with Crippen LogP contribution in [0.2, 0.25) is 0 Å². The first kappa shape index (κ1) is 16.3. The Balaban J connectivity index is 1.68. The highest BCUT2D eigenvalue weighted by Crippen LogP contribution is 2.32. The molecular formula is C18H24N4O3. The van der Waals surface area contributed by atoms with E-state index in [4.69, 9.17) is 4.74 Å². The van der Waals surface area contributed by atoms with Gasteiger partial charge < -0.3 is 9.64 Å². The number of piperidine rings is 1. The Bertz CT molecular complexity index is 834. The van der Waals surface area contributed by atoms with Gasteiger partial charge in [0.2, 0.25) is 5.91 Å². The Hall–Kier alpha value is -2.15. The quantitative estimate of drug-likeness (QED) is 0.919. The lowest BCUT2D eigenvalue weighted by Crippen LogP contribution is -2.42. The minimum atomic E-state index is -0.106. The van der Waals surface area contributed by atoms with Crippen LogP contribution in [0, 0.1) is 5.92 Å². The van der Waals surface area contributed by atoms with Crippen LogP contribution in [0.15, 0.2) is 16.9 Å². The van der Waals surface area contributed by atoms with Gasteiger partial charge in [0.25, 0.3) is 5.56 Å². The van der Waals surface area contributed by atoms with Gasteiger partial charge in [0.1, 0.15) is 0 Å². The number of amides is 1. The molecule has 4 rings (SSSR count). The Labute approximate surface area is 146 Å². The summed E-state index contributed by atoms with van der Waals surface area (Å²) in [4.78, 5) is 31.7. The van der Waals surface area contributed by atoms with Crippen LogP contribution in [-0.4, -0.2) is 45.2 Å². The van der Waals surface area contributed by atoms with E-state index in [2.05, 4.69) is 10.1 Å². The third-order valence-corrected chi connectivity index (χ3v) is 5.31. The number of hydrogen-bond acceptors (Lipinski definition) is 4. The number of carbonyl (C=O) groups is 1. The van der Waals surface area contributed by atoms with Gasteiger partial charge in [-0.05, 0) is 32.1 Å². The van der Waals surface area contributed by atoms with E-state index in [0.29, 0.717) is 18.9 Å². The number of aromatic amines is 1. The van der Waals surface area contributed by atoms with Crippen LogP contribution in [0.25, 0.3) is 5.65 Å². The van der Waals surface area contributed by atoms with Crippen LogP contribution in [0.1, 0.15) is 50.0 Å². The number of nitrogens with zero attached hydrogens (tertiary/aromatic N) is 3. The fraction of sp³-hybridized carbons (Fsp3) is 0.611. The van der Waals surface area contributed by atoms with Crippen molar-refractivity contribution in [3.8, 4) is 0 Å². The summed E-state index contributed by atoms with van der Waals surface area (Å²) >= 11 is 0. The van der Waals surface area contributed by atoms with Gasteiger partial charge >= 0.3 is 0 Å². The van der Waals surface area contributed by atoms with Crippen LogP contribution in [0.4, 0.5) is 0 Å². The molecule has 0 saturated carbocycles. The van der Waals surface area contributed by atoms with Crippen molar-refractivity contribution in [1.29, 1.82) is 0 Å². The second-order valence-corrected chi connectivity index (χ2v) is 6.95. The summed E-state index contributed by atoms with van der Waals surface area (Å²) in [5.74, 6) is 0.146. The topological polar surface area (TPSA) is 79.7 Å². The molecule has 7 heteroatoms. The molecule has 0 aromatic carbocycles. The number of fused-ring (bicyclic) bond motifs is 1. The van der Waals surface area contributed by atoms with Crippen molar-refractivity contribution in [2.24, 2.45) is 5.92 Å². The lowest BCUT2D eigenvalue weighted by Gasteiger charge is -2.36. The van der Waals surface area contributed by atoms with Gasteiger partial charge in [-0.2, -0.15) is 0 Å². The van der Waals surface area contributed by atoms with Crippen molar-refractivity contribution >= 4 is 11.6 Å². The third kappa shape index (κ3) is 2.97. The molecule has 7 nitrogen and oxygen atoms in total. The second kappa shape index (κ2) is 6.63. The molecule has 2 saturated heterocycles. The Morgan fingerprint density at radius 2 is 2.24 bits per heavy atom. The smallest absolute Gasteiger partial charge is 0.272 e. The van der Waals surface area contributed by atoms with E-state index >= 15 is 0 Å². The molecule has 0 radical (unpaired) electrons. The first-order valence-corrected chi connectivity index (χ1v) is 9.17. The maximum absolute atomic E-state index is 12.9. The highest BCUT2D eigenvalue weighted by atomic mass is 16.5. The molecule has 2 fully saturated rings. The van der Waals surface area contributed by atoms with E-state index in [-0.39, 0.29) is 23.4 Å². The number of carbonyl (C=O) groups excluding carboxylic acids is 1. The van der Waals surface area contributed by atoms with Crippen LogP contribution in [-0.2, 0) is 16.0 Å². The second-order valence-electron chi connectivity index (χ2n) is 6.95. The zero-order valence-corrected chi connectivity index (χ0v) is 14.5. The SMILES string of the molecule is CCc1cc(=O)n2[nH]c([C@H]3CCCCN3C(=O)[C@@H]3CCOC3)cc2n1. The normalized spacial score (nSPS) is 24.1. The number of nitrogens with one attached hydrogen (secondary N) is 1. The molecule has 2 aromatic rings. The van der Waals surface area contributed by atoms with E-state index in [1.807, 2.05) is 17.9 Å². The van der Waals surface area contributed by atoms with Crippen LogP contribution in [0.3, 0.4) is 0 Å². The molecule has 0 aliphatic carbocycles. The van der Waals surface area contributed by atoms with E-state index in [9.17, 15) is 9.59 Å². The summed E-state index contributed by atoms with van der Waals surface area (Å²) in [6.07, 6.45) is 4.53. The number of likely N-dealkylation sites (tertiary alicyclic amines) is 1. The number of H-pyrrole nitrogens is 1. The molecule has 25 heavy (non-hydrogen) atoms. The lowest BCUT2D eigenvalue weighted by molar-refractivity contribution is -0.139. The largest absolute Gasteiger partial charge is 0.381 e. The van der Waals surface area contributed by atoms with Gasteiger partial charge in [0.15, 0.2) is 5.65 Å². The van der Waals surface area contributed by atoms with Gasteiger partial charge in [0.05, 0.1) is 24.3 Å². The van der Waals surface area contributed by atoms with Gasteiger partial charge in [0, 0.05) is 31.0 Å². The van der Waals surface area contributed by atoms with Crippen molar-refractivity contribution in [2.45, 2.75) is 45.1 Å². The zero-order chi connectivity index (χ0) is 17.4. The van der Waals surface area contributed by atoms with E-state index in [1.165, 1.54) is 4.52 Å². The first-order valence-electron chi connectivity index (χ1n) is 9.17. The summed E-state index contributed by atoms with van der Waals surface area (Å²) in [6, 6.07) is 3.46. The first-order chi connectivity index (χ1) is 12.2. The average molecular weight is 344 g/mol. The number of aromatic nitrogens is 3. The van der Waals surface area contributed by atoms with Crippen molar-refractivity contribution in [2.75, 3.05) is 19.8 Å². The van der Waals surface area contributed by atoms with Gasteiger partial charge in [-0.25, -0.2) is 9.50 Å². The molecule has 2 atom stereocenters. The molecule has 4 heterocycles. The number of aryl methyl sites for hydroxylation is 1. The fourth-order valence-electron chi connectivity index (χ4n) is 3.89. The summed E-state index contributed by atoms with van der Waals surface area (Å²) < 4.78 is 6.87. The maximum atomic E-state index is 12.9. The molecule has 2 aliphatic heterocycles. The predicted molar refractivity (Wildman–Crippen MR) is 92.4 cm³/mol. The zero-order valence-electron chi connectivity index (χ0n) is 14.5. The molecule has 134 valence electrons. The molecule has 1 N–H and O–H groups in total. The maximum Gasteiger partial charge on any atom is 0.272 e. The number of ether oxygens (including phenoxy) is 1. The lowest BCUT2D eigenvalue weighted by atomic mass is 9.96. The van der Waals surface area contributed by atoms with Gasteiger partial charge in [-0.1, -0.05) is 6.92 Å². The Morgan fingerprint density at radius 3 is 3.00 bits per heavy atom. The molecule has 1 amide bonds. The van der Waals surface area contributed by atoms with E-state index < -0.39 is 0 Å². The molecule has 0 spiro atoms. The van der Waals surface area contributed by atoms with Crippen LogP contribution < -0.4 is 5.56 Å². The summed E-state index contributed by atoms with van der Waals surface area (Å²) in [5, 5.41) is 3.18. The Morgan fingerprint density at radius 1 is 1.36 bits per heavy atom. The molecule has 0 bridgehead atoms. The minimum absolute atomic E-state index is 0.0203. The van der Waals surface area contributed by atoms with Crippen LogP contribution >= 0.6 is 0 Å². The third-order valence-electron chi connectivity index (χ3n) is 5.31. The van der Waals surface area contributed by atoms with Crippen molar-refractivity contribution < 1.29 is 9.53 Å². The van der Waals surface area contributed by atoms with Gasteiger partial charge in [-0.15, -0.1) is 0 Å². The minimum Gasteiger partial charge on any atom is -0.381 e. The predicted octanol–water partition coefficient (Wildman–Crippen LogP) is 1.68. The molecular weight excluding hydrogens is 320 g/mol. The standard InChI is InChI=1S/C18H24N4O3/c1-2-13-9-17(23)22-16(19-13)10-14(20-22)15-5-3-4-7-21(15)18(24)12-6-8-25-11-12/h9-10,12,15,20H,2-8,11H2,1H3/t12-,15-/m1/s1. The molecule has 2 aliphatic rings. The molecule has 0 unspecified atom stereocenters.